The van der Waals surface area contributed by atoms with E-state index in [0.29, 0.717) is 19.4 Å². The average Bonchev–Trinajstić information content (AvgIpc) is 3.40. The number of carbonyl (C=O) groups is 3. The normalized spacial score (nSPS) is 21.1. The van der Waals surface area contributed by atoms with Gasteiger partial charge in [-0.2, -0.15) is 0 Å². The number of hydrogen-bond donors (Lipinski definition) is 2. The molecule has 0 aromatic carbocycles. The van der Waals surface area contributed by atoms with Crippen LogP contribution in [0.3, 0.4) is 0 Å². The average molecular weight is 421 g/mol. The molecule has 1 aliphatic carbocycles. The first-order valence-corrected chi connectivity index (χ1v) is 11.0. The number of ether oxygens (including phenoxy) is 1. The second-order valence-corrected chi connectivity index (χ2v) is 8.46. The van der Waals surface area contributed by atoms with Gasteiger partial charge in [0.2, 0.25) is 11.8 Å². The van der Waals surface area contributed by atoms with Crippen molar-refractivity contribution in [2.45, 2.75) is 75.8 Å². The topological polar surface area (TPSA) is 95.9 Å². The molecule has 0 radical (unpaired) electrons. The van der Waals surface area contributed by atoms with Crippen LogP contribution in [0.2, 0.25) is 0 Å². The molecule has 2 N–H and O–H groups in total. The third kappa shape index (κ3) is 6.69. The number of nitrogens with zero attached hydrogens (tertiary/aromatic N) is 1. The van der Waals surface area contributed by atoms with Gasteiger partial charge in [-0.3, -0.25) is 14.4 Å². The molecule has 2 aliphatic rings. The van der Waals surface area contributed by atoms with Crippen LogP contribution in [0.5, 0.6) is 0 Å². The van der Waals surface area contributed by atoms with Gasteiger partial charge in [0.25, 0.3) is 0 Å². The highest BCUT2D eigenvalue weighted by atomic mass is 16.5. The molecule has 0 aromatic heterocycles. The van der Waals surface area contributed by atoms with E-state index in [1.807, 2.05) is 0 Å². The highest BCUT2D eigenvalue weighted by molar-refractivity contribution is 5.86. The summed E-state index contributed by atoms with van der Waals surface area (Å²) >= 11 is 0. The molecule has 1 aliphatic heterocycles. The highest BCUT2D eigenvalue weighted by Gasteiger charge is 2.39. The Labute approximate surface area is 179 Å². The minimum Gasteiger partial charge on any atom is -0.463 e. The summed E-state index contributed by atoms with van der Waals surface area (Å²) in [6.45, 7) is 8.06. The summed E-state index contributed by atoms with van der Waals surface area (Å²) in [6, 6.07) is -0.152. The van der Waals surface area contributed by atoms with Gasteiger partial charge >= 0.3 is 5.97 Å². The van der Waals surface area contributed by atoms with E-state index >= 15 is 0 Å². The quantitative estimate of drug-likeness (QED) is 0.374. The first kappa shape index (κ1) is 24.1. The van der Waals surface area contributed by atoms with Crippen molar-refractivity contribution in [3.05, 3.63) is 25.3 Å². The van der Waals surface area contributed by atoms with E-state index in [9.17, 15) is 19.5 Å². The zero-order valence-corrected chi connectivity index (χ0v) is 17.9. The molecule has 2 rings (SSSR count). The van der Waals surface area contributed by atoms with E-state index < -0.39 is 11.5 Å². The van der Waals surface area contributed by atoms with E-state index in [1.54, 1.807) is 17.1 Å². The van der Waals surface area contributed by atoms with Crippen LogP contribution in [-0.4, -0.2) is 59.1 Å². The molecule has 0 aromatic rings. The minimum atomic E-state index is -0.565. The molecule has 30 heavy (non-hydrogen) atoms. The van der Waals surface area contributed by atoms with Crippen LogP contribution in [0.4, 0.5) is 0 Å². The Kier molecular flexibility index (Phi) is 9.56. The molecule has 2 unspecified atom stereocenters. The molecule has 7 nitrogen and oxygen atoms in total. The maximum atomic E-state index is 13.1. The molecule has 1 heterocycles. The lowest BCUT2D eigenvalue weighted by atomic mass is 9.94. The largest absolute Gasteiger partial charge is 0.463 e. The van der Waals surface area contributed by atoms with E-state index in [1.165, 1.54) is 0 Å². The summed E-state index contributed by atoms with van der Waals surface area (Å²) in [7, 11) is 0. The van der Waals surface area contributed by atoms with Crippen LogP contribution in [-0.2, 0) is 19.1 Å². The maximum Gasteiger partial charge on any atom is 0.306 e. The molecular weight excluding hydrogens is 384 g/mol. The lowest BCUT2D eigenvalue weighted by Crippen LogP contribution is -2.52. The third-order valence-electron chi connectivity index (χ3n) is 6.16. The summed E-state index contributed by atoms with van der Waals surface area (Å²) in [4.78, 5) is 39.4. The minimum absolute atomic E-state index is 0.0512. The Bertz CT molecular complexity index is 627. The van der Waals surface area contributed by atoms with E-state index in [0.717, 1.165) is 38.5 Å². The molecular formula is C23H36N2O5. The SMILES string of the molecule is C=CCCC(=O)OCC1(NC(=O)C(CC=C)CC(=O)N2CCCC2CO)CCCC1. The number of hydrogen-bond acceptors (Lipinski definition) is 5. The van der Waals surface area contributed by atoms with Crippen LogP contribution < -0.4 is 5.32 Å². The van der Waals surface area contributed by atoms with Crippen molar-refractivity contribution in [2.24, 2.45) is 5.92 Å². The molecule has 2 atom stereocenters. The second-order valence-electron chi connectivity index (χ2n) is 8.46. The predicted octanol–water partition coefficient (Wildman–Crippen LogP) is 2.49. The van der Waals surface area contributed by atoms with Gasteiger partial charge in [-0.1, -0.05) is 25.0 Å². The van der Waals surface area contributed by atoms with Gasteiger partial charge in [-0.05, 0) is 38.5 Å². The Balaban J connectivity index is 1.98. The smallest absolute Gasteiger partial charge is 0.306 e. The van der Waals surface area contributed by atoms with Gasteiger partial charge in [-0.25, -0.2) is 0 Å². The number of likely N-dealkylation sites (tertiary alicyclic amines) is 1. The van der Waals surface area contributed by atoms with Crippen molar-refractivity contribution < 1.29 is 24.2 Å². The zero-order chi connectivity index (χ0) is 22.0. The summed E-state index contributed by atoms with van der Waals surface area (Å²) in [6.07, 6.45) is 9.74. The molecule has 2 amide bonds. The fourth-order valence-electron chi connectivity index (χ4n) is 4.40. The lowest BCUT2D eigenvalue weighted by Gasteiger charge is -2.32. The Hall–Kier alpha value is -2.15. The van der Waals surface area contributed by atoms with Crippen molar-refractivity contribution in [3.63, 3.8) is 0 Å². The summed E-state index contributed by atoms with van der Waals surface area (Å²) in [5.74, 6) is -1.13. The Morgan fingerprint density at radius 2 is 1.93 bits per heavy atom. The summed E-state index contributed by atoms with van der Waals surface area (Å²) in [5, 5.41) is 12.6. The van der Waals surface area contributed by atoms with Crippen molar-refractivity contribution >= 4 is 17.8 Å². The monoisotopic (exact) mass is 420 g/mol. The summed E-state index contributed by atoms with van der Waals surface area (Å²) < 4.78 is 5.44. The van der Waals surface area contributed by atoms with E-state index in [-0.39, 0.29) is 49.9 Å². The van der Waals surface area contributed by atoms with E-state index in [4.69, 9.17) is 4.74 Å². The molecule has 7 heteroatoms. The standard InChI is InChI=1S/C23H36N2O5/c1-3-5-11-21(28)30-17-23(12-6-7-13-23)24-22(29)18(9-4-2)15-20(27)25-14-8-10-19(25)16-26/h3-4,18-19,26H,1-2,5-17H2,(H,24,29). The van der Waals surface area contributed by atoms with Crippen LogP contribution in [0.25, 0.3) is 0 Å². The maximum absolute atomic E-state index is 13.1. The predicted molar refractivity (Wildman–Crippen MR) is 114 cm³/mol. The first-order chi connectivity index (χ1) is 14.4. The molecule has 168 valence electrons. The van der Waals surface area contributed by atoms with Crippen molar-refractivity contribution in [1.29, 1.82) is 0 Å². The van der Waals surface area contributed by atoms with Crippen LogP contribution in [0.15, 0.2) is 25.3 Å². The fraction of sp³-hybridized carbons (Fsp3) is 0.696. The van der Waals surface area contributed by atoms with Crippen LogP contribution in [0, 0.1) is 5.92 Å². The van der Waals surface area contributed by atoms with Gasteiger partial charge in [0.05, 0.1) is 24.1 Å². The molecule has 0 spiro atoms. The fourth-order valence-corrected chi connectivity index (χ4v) is 4.40. The first-order valence-electron chi connectivity index (χ1n) is 11.0. The Morgan fingerprint density at radius 1 is 1.20 bits per heavy atom. The number of aliphatic hydroxyl groups is 1. The number of esters is 1. The number of allylic oxidation sites excluding steroid dienone is 2. The molecule has 1 saturated carbocycles. The number of rotatable bonds is 12. The molecule has 1 saturated heterocycles. The Morgan fingerprint density at radius 3 is 2.57 bits per heavy atom. The van der Waals surface area contributed by atoms with Gasteiger partial charge in [0.1, 0.15) is 6.61 Å². The number of aliphatic hydroxyl groups excluding tert-OH is 1. The van der Waals surface area contributed by atoms with Gasteiger partial charge < -0.3 is 20.1 Å². The highest BCUT2D eigenvalue weighted by Crippen LogP contribution is 2.31. The van der Waals surface area contributed by atoms with E-state index in [2.05, 4.69) is 18.5 Å². The lowest BCUT2D eigenvalue weighted by molar-refractivity contribution is -0.147. The number of nitrogens with one attached hydrogen (secondary N) is 1. The van der Waals surface area contributed by atoms with Crippen LogP contribution in [0.1, 0.15) is 64.2 Å². The second kappa shape index (κ2) is 11.9. The van der Waals surface area contributed by atoms with Crippen LogP contribution >= 0.6 is 0 Å². The number of amides is 2. The van der Waals surface area contributed by atoms with Gasteiger partial charge in [-0.15, -0.1) is 13.2 Å². The zero-order valence-electron chi connectivity index (χ0n) is 17.9. The van der Waals surface area contributed by atoms with Gasteiger partial charge in [0.15, 0.2) is 0 Å². The van der Waals surface area contributed by atoms with Crippen molar-refractivity contribution in [2.75, 3.05) is 19.8 Å². The molecule has 0 bridgehead atoms. The van der Waals surface area contributed by atoms with Gasteiger partial charge in [0, 0.05) is 19.4 Å². The van der Waals surface area contributed by atoms with Crippen molar-refractivity contribution in [1.82, 2.24) is 10.2 Å². The summed E-state index contributed by atoms with van der Waals surface area (Å²) in [5.41, 5.74) is -0.565. The van der Waals surface area contributed by atoms with Crippen molar-refractivity contribution in [3.8, 4) is 0 Å². The number of carbonyl (C=O) groups excluding carboxylic acids is 3. The third-order valence-corrected chi connectivity index (χ3v) is 6.16. The molecule has 2 fully saturated rings.